The van der Waals surface area contributed by atoms with Crippen LogP contribution >= 0.6 is 15.9 Å². The Hall–Kier alpha value is -3.45. The van der Waals surface area contributed by atoms with Crippen LogP contribution in [0.15, 0.2) is 82.4 Å². The lowest BCUT2D eigenvalue weighted by Gasteiger charge is -2.08. The van der Waals surface area contributed by atoms with E-state index in [9.17, 15) is 9.59 Å². The Morgan fingerprint density at radius 1 is 0.966 bits per heavy atom. The zero-order valence-electron chi connectivity index (χ0n) is 15.5. The van der Waals surface area contributed by atoms with Crippen LogP contribution < -0.4 is 14.9 Å². The zero-order chi connectivity index (χ0) is 20.6. The lowest BCUT2D eigenvalue weighted by Crippen LogP contribution is -2.17. The van der Waals surface area contributed by atoms with Crippen molar-refractivity contribution in [3.8, 4) is 11.5 Å². The van der Waals surface area contributed by atoms with E-state index >= 15 is 0 Å². The number of carbonyl (C=O) groups excluding carboxylic acids is 2. The van der Waals surface area contributed by atoms with E-state index in [1.54, 1.807) is 73.8 Å². The number of nitrogens with zero attached hydrogens (tertiary/aromatic N) is 1. The Morgan fingerprint density at radius 2 is 1.69 bits per heavy atom. The van der Waals surface area contributed by atoms with Crippen molar-refractivity contribution in [2.45, 2.75) is 0 Å². The van der Waals surface area contributed by atoms with E-state index in [2.05, 4.69) is 26.5 Å². The molecule has 6 nitrogen and oxygen atoms in total. The molecule has 29 heavy (non-hydrogen) atoms. The molecule has 1 N–H and O–H groups in total. The number of ether oxygens (including phenoxy) is 2. The number of rotatable bonds is 6. The van der Waals surface area contributed by atoms with E-state index in [1.165, 1.54) is 6.21 Å². The first-order chi connectivity index (χ1) is 14.1. The minimum atomic E-state index is -0.482. The molecule has 0 radical (unpaired) electrons. The summed E-state index contributed by atoms with van der Waals surface area (Å²) < 4.78 is 11.3. The SMILES string of the molecule is COc1ccc(C(=O)N/N=C\c2cc(Br)ccc2OC(=O)c2ccccc2)cc1. The Morgan fingerprint density at radius 3 is 2.38 bits per heavy atom. The average molecular weight is 453 g/mol. The zero-order valence-corrected chi connectivity index (χ0v) is 17.0. The van der Waals surface area contributed by atoms with E-state index in [0.29, 0.717) is 28.2 Å². The third kappa shape index (κ3) is 5.52. The second-order valence-electron chi connectivity index (χ2n) is 5.87. The molecule has 0 bridgehead atoms. The number of hydrogen-bond donors (Lipinski definition) is 1. The molecule has 0 saturated carbocycles. The van der Waals surface area contributed by atoms with E-state index in [0.717, 1.165) is 4.47 Å². The summed E-state index contributed by atoms with van der Waals surface area (Å²) in [5.41, 5.74) is 3.85. The second-order valence-corrected chi connectivity index (χ2v) is 6.78. The highest BCUT2D eigenvalue weighted by Crippen LogP contribution is 2.23. The Kier molecular flexibility index (Phi) is 6.76. The fourth-order valence-corrected chi connectivity index (χ4v) is 2.79. The number of carbonyl (C=O) groups is 2. The van der Waals surface area contributed by atoms with Gasteiger partial charge < -0.3 is 9.47 Å². The third-order valence-electron chi connectivity index (χ3n) is 3.91. The van der Waals surface area contributed by atoms with E-state index < -0.39 is 5.97 Å². The summed E-state index contributed by atoms with van der Waals surface area (Å²) in [5, 5.41) is 3.97. The lowest BCUT2D eigenvalue weighted by atomic mass is 10.2. The van der Waals surface area contributed by atoms with Crippen molar-refractivity contribution < 1.29 is 19.1 Å². The Bertz CT molecular complexity index is 1030. The van der Waals surface area contributed by atoms with Gasteiger partial charge in [-0.2, -0.15) is 5.10 Å². The predicted octanol–water partition coefficient (Wildman–Crippen LogP) is 4.44. The first-order valence-corrected chi connectivity index (χ1v) is 9.40. The molecule has 0 aliphatic heterocycles. The second kappa shape index (κ2) is 9.66. The standard InChI is InChI=1S/C22H17BrN2O4/c1-28-19-10-7-15(8-11-19)21(26)25-24-14-17-13-18(23)9-12-20(17)29-22(27)16-5-3-2-4-6-16/h2-14H,1H3,(H,25,26)/b24-14-. The summed E-state index contributed by atoms with van der Waals surface area (Å²) >= 11 is 3.38. The van der Waals surface area contributed by atoms with E-state index in [1.807, 2.05) is 6.07 Å². The van der Waals surface area contributed by atoms with Gasteiger partial charge in [0.2, 0.25) is 0 Å². The van der Waals surface area contributed by atoms with Crippen molar-refractivity contribution in [1.29, 1.82) is 0 Å². The normalized spacial score (nSPS) is 10.6. The summed E-state index contributed by atoms with van der Waals surface area (Å²) in [5.74, 6) is 0.125. The van der Waals surface area contributed by atoms with Gasteiger partial charge in [-0.1, -0.05) is 34.1 Å². The van der Waals surface area contributed by atoms with Gasteiger partial charge in [0.1, 0.15) is 11.5 Å². The van der Waals surface area contributed by atoms with Gasteiger partial charge in [0.25, 0.3) is 5.91 Å². The van der Waals surface area contributed by atoms with Crippen LogP contribution in [0.3, 0.4) is 0 Å². The molecule has 0 atom stereocenters. The molecule has 146 valence electrons. The molecule has 0 fully saturated rings. The molecule has 0 aliphatic carbocycles. The molecule has 3 aromatic rings. The fraction of sp³-hybridized carbons (Fsp3) is 0.0455. The summed E-state index contributed by atoms with van der Waals surface area (Å²) in [6.07, 6.45) is 1.42. The van der Waals surface area contributed by atoms with Crippen LogP contribution in [0.5, 0.6) is 11.5 Å². The summed E-state index contributed by atoms with van der Waals surface area (Å²) in [6.45, 7) is 0. The highest BCUT2D eigenvalue weighted by molar-refractivity contribution is 9.10. The van der Waals surface area contributed by atoms with Crippen molar-refractivity contribution in [1.82, 2.24) is 5.43 Å². The molecule has 7 heteroatoms. The van der Waals surface area contributed by atoms with Gasteiger partial charge in [-0.05, 0) is 54.6 Å². The molecular formula is C22H17BrN2O4. The van der Waals surface area contributed by atoms with Gasteiger partial charge in [0, 0.05) is 15.6 Å². The first kappa shape index (κ1) is 20.3. The molecular weight excluding hydrogens is 436 g/mol. The lowest BCUT2D eigenvalue weighted by molar-refractivity contribution is 0.0734. The maximum atomic E-state index is 12.3. The third-order valence-corrected chi connectivity index (χ3v) is 4.40. The van der Waals surface area contributed by atoms with Crippen LogP contribution in [0.25, 0.3) is 0 Å². The minimum Gasteiger partial charge on any atom is -0.497 e. The Labute approximate surface area is 176 Å². The van der Waals surface area contributed by atoms with Gasteiger partial charge in [0.15, 0.2) is 0 Å². The molecule has 1 amide bonds. The maximum Gasteiger partial charge on any atom is 0.343 e. The minimum absolute atomic E-state index is 0.324. The fourth-order valence-electron chi connectivity index (χ4n) is 2.41. The van der Waals surface area contributed by atoms with Crippen molar-refractivity contribution in [3.63, 3.8) is 0 Å². The number of hydrogen-bond acceptors (Lipinski definition) is 5. The number of nitrogens with one attached hydrogen (secondary N) is 1. The first-order valence-electron chi connectivity index (χ1n) is 8.61. The Balaban J connectivity index is 1.71. The largest absolute Gasteiger partial charge is 0.497 e. The molecule has 3 rings (SSSR count). The average Bonchev–Trinajstić information content (AvgIpc) is 2.76. The number of halogens is 1. The van der Waals surface area contributed by atoms with Gasteiger partial charge in [0.05, 0.1) is 18.9 Å². The molecule has 3 aromatic carbocycles. The van der Waals surface area contributed by atoms with Crippen LogP contribution in [0.1, 0.15) is 26.3 Å². The van der Waals surface area contributed by atoms with Crippen LogP contribution in [0, 0.1) is 0 Å². The van der Waals surface area contributed by atoms with Crippen molar-refractivity contribution in [2.75, 3.05) is 7.11 Å². The number of esters is 1. The molecule has 0 aromatic heterocycles. The number of hydrazone groups is 1. The number of methoxy groups -OCH3 is 1. The number of amides is 1. The van der Waals surface area contributed by atoms with Crippen LogP contribution in [-0.4, -0.2) is 25.2 Å². The number of benzene rings is 3. The molecule has 0 spiro atoms. The monoisotopic (exact) mass is 452 g/mol. The smallest absolute Gasteiger partial charge is 0.343 e. The van der Waals surface area contributed by atoms with Crippen LogP contribution in [0.2, 0.25) is 0 Å². The highest BCUT2D eigenvalue weighted by atomic mass is 79.9. The van der Waals surface area contributed by atoms with E-state index in [4.69, 9.17) is 9.47 Å². The molecule has 0 unspecified atom stereocenters. The van der Waals surface area contributed by atoms with Gasteiger partial charge in [-0.15, -0.1) is 0 Å². The molecule has 0 aliphatic rings. The van der Waals surface area contributed by atoms with Crippen molar-refractivity contribution >= 4 is 34.0 Å². The highest BCUT2D eigenvalue weighted by Gasteiger charge is 2.11. The van der Waals surface area contributed by atoms with Gasteiger partial charge >= 0.3 is 5.97 Å². The van der Waals surface area contributed by atoms with Crippen molar-refractivity contribution in [3.05, 3.63) is 94.0 Å². The van der Waals surface area contributed by atoms with Gasteiger partial charge in [-0.3, -0.25) is 4.79 Å². The predicted molar refractivity (Wildman–Crippen MR) is 114 cm³/mol. The van der Waals surface area contributed by atoms with Crippen molar-refractivity contribution in [2.24, 2.45) is 5.10 Å². The van der Waals surface area contributed by atoms with E-state index in [-0.39, 0.29) is 5.91 Å². The molecule has 0 saturated heterocycles. The maximum absolute atomic E-state index is 12.3. The molecule has 0 heterocycles. The van der Waals surface area contributed by atoms with Crippen LogP contribution in [0.4, 0.5) is 0 Å². The summed E-state index contributed by atoms with van der Waals surface area (Å²) in [6, 6.07) is 20.5. The van der Waals surface area contributed by atoms with Gasteiger partial charge in [-0.25, -0.2) is 10.2 Å². The van der Waals surface area contributed by atoms with Crippen LogP contribution in [-0.2, 0) is 0 Å². The quantitative estimate of drug-likeness (QED) is 0.259. The topological polar surface area (TPSA) is 77.0 Å². The summed E-state index contributed by atoms with van der Waals surface area (Å²) in [7, 11) is 1.56. The summed E-state index contributed by atoms with van der Waals surface area (Å²) in [4.78, 5) is 24.5.